The van der Waals surface area contributed by atoms with Crippen LogP contribution in [0.1, 0.15) is 39.0 Å². The van der Waals surface area contributed by atoms with Gasteiger partial charge in [-0.15, -0.1) is 0 Å². The van der Waals surface area contributed by atoms with Crippen molar-refractivity contribution in [2.45, 2.75) is 50.2 Å². The van der Waals surface area contributed by atoms with Crippen LogP contribution >= 0.6 is 11.8 Å². The molecule has 0 amide bonds. The molecule has 3 N–H and O–H groups in total. The molecule has 0 aliphatic heterocycles. The zero-order valence-electron chi connectivity index (χ0n) is 10.5. The fraction of sp³-hybridized carbons (Fsp3) is 1.00. The molecule has 1 unspecified atom stereocenters. The molecule has 1 fully saturated rings. The lowest BCUT2D eigenvalue weighted by Gasteiger charge is -2.33. The normalized spacial score (nSPS) is 24.0. The highest BCUT2D eigenvalue weighted by atomic mass is 32.2. The predicted octanol–water partition coefficient (Wildman–Crippen LogP) is 1.39. The van der Waals surface area contributed by atoms with Crippen LogP contribution in [0.5, 0.6) is 0 Å². The third kappa shape index (κ3) is 5.04. The third-order valence-electron chi connectivity index (χ3n) is 3.20. The van der Waals surface area contributed by atoms with Crippen molar-refractivity contribution in [3.8, 4) is 0 Å². The first-order valence-corrected chi connectivity index (χ1v) is 7.51. The average molecular weight is 247 g/mol. The van der Waals surface area contributed by atoms with Crippen LogP contribution in [-0.4, -0.2) is 46.5 Å². The summed E-state index contributed by atoms with van der Waals surface area (Å²) < 4.78 is 0. The van der Waals surface area contributed by atoms with Crippen LogP contribution in [0.25, 0.3) is 0 Å². The fourth-order valence-corrected chi connectivity index (χ4v) is 3.04. The summed E-state index contributed by atoms with van der Waals surface area (Å²) in [5, 5.41) is 23.4. The molecule has 1 saturated carbocycles. The van der Waals surface area contributed by atoms with Crippen molar-refractivity contribution in [3.63, 3.8) is 0 Å². The summed E-state index contributed by atoms with van der Waals surface area (Å²) in [7, 11) is 0. The lowest BCUT2D eigenvalue weighted by Crippen LogP contribution is -2.47. The second kappa shape index (κ2) is 6.24. The molecule has 0 heterocycles. The van der Waals surface area contributed by atoms with Crippen LogP contribution < -0.4 is 5.32 Å². The molecule has 1 rings (SSSR count). The molecule has 0 saturated heterocycles. The van der Waals surface area contributed by atoms with Crippen molar-refractivity contribution in [1.29, 1.82) is 0 Å². The number of thioether (sulfide) groups is 1. The molecule has 0 spiro atoms. The molecule has 0 bridgehead atoms. The zero-order chi connectivity index (χ0) is 12.1. The standard InChI is InChI=1S/C12H25NO2S/c1-11(14,10-16-2)8-13-9-12(15)6-4-3-5-7-12/h13-15H,3-10H2,1-2H3. The van der Waals surface area contributed by atoms with E-state index in [1.54, 1.807) is 11.8 Å². The quantitative estimate of drug-likeness (QED) is 0.664. The molecular formula is C12H25NO2S. The Morgan fingerprint density at radius 1 is 1.31 bits per heavy atom. The monoisotopic (exact) mass is 247 g/mol. The van der Waals surface area contributed by atoms with Crippen molar-refractivity contribution >= 4 is 11.8 Å². The van der Waals surface area contributed by atoms with E-state index in [1.807, 2.05) is 13.2 Å². The Labute approximate surface area is 103 Å². The first-order valence-electron chi connectivity index (χ1n) is 6.12. The minimum Gasteiger partial charge on any atom is -0.389 e. The van der Waals surface area contributed by atoms with E-state index in [-0.39, 0.29) is 0 Å². The average Bonchev–Trinajstić information content (AvgIpc) is 2.17. The summed E-state index contributed by atoms with van der Waals surface area (Å²) in [5.41, 5.74) is -1.21. The van der Waals surface area contributed by atoms with Gasteiger partial charge in [-0.25, -0.2) is 0 Å². The fourth-order valence-electron chi connectivity index (χ4n) is 2.31. The van der Waals surface area contributed by atoms with Gasteiger partial charge in [-0.3, -0.25) is 0 Å². The Kier molecular flexibility index (Phi) is 5.57. The van der Waals surface area contributed by atoms with E-state index >= 15 is 0 Å². The second-order valence-electron chi connectivity index (χ2n) is 5.32. The van der Waals surface area contributed by atoms with Crippen molar-refractivity contribution in [3.05, 3.63) is 0 Å². The summed E-state index contributed by atoms with van der Waals surface area (Å²) in [6.45, 7) is 3.00. The van der Waals surface area contributed by atoms with Gasteiger partial charge in [-0.1, -0.05) is 19.3 Å². The molecule has 4 heteroatoms. The van der Waals surface area contributed by atoms with Crippen molar-refractivity contribution in [2.24, 2.45) is 0 Å². The molecule has 0 radical (unpaired) electrons. The molecule has 1 atom stereocenters. The molecule has 3 nitrogen and oxygen atoms in total. The van der Waals surface area contributed by atoms with Gasteiger partial charge in [-0.2, -0.15) is 11.8 Å². The van der Waals surface area contributed by atoms with Gasteiger partial charge in [0.05, 0.1) is 11.2 Å². The van der Waals surface area contributed by atoms with Crippen LogP contribution in [0.2, 0.25) is 0 Å². The topological polar surface area (TPSA) is 52.5 Å². The van der Waals surface area contributed by atoms with E-state index in [4.69, 9.17) is 0 Å². The van der Waals surface area contributed by atoms with Gasteiger partial charge < -0.3 is 15.5 Å². The number of aliphatic hydroxyl groups is 2. The predicted molar refractivity (Wildman–Crippen MR) is 69.9 cm³/mol. The lowest BCUT2D eigenvalue weighted by molar-refractivity contribution is -0.00121. The summed E-state index contributed by atoms with van der Waals surface area (Å²) in [5.74, 6) is 0.721. The smallest absolute Gasteiger partial charge is 0.0833 e. The summed E-state index contributed by atoms with van der Waals surface area (Å²) in [6, 6.07) is 0. The highest BCUT2D eigenvalue weighted by Crippen LogP contribution is 2.27. The van der Waals surface area contributed by atoms with Crippen LogP contribution in [0.4, 0.5) is 0 Å². The number of hydrogen-bond donors (Lipinski definition) is 3. The maximum atomic E-state index is 10.2. The zero-order valence-corrected chi connectivity index (χ0v) is 11.3. The largest absolute Gasteiger partial charge is 0.389 e. The van der Waals surface area contributed by atoms with Crippen molar-refractivity contribution in [1.82, 2.24) is 5.32 Å². The maximum absolute atomic E-state index is 10.2. The highest BCUT2D eigenvalue weighted by Gasteiger charge is 2.29. The summed E-state index contributed by atoms with van der Waals surface area (Å²) >= 11 is 1.64. The minimum absolute atomic E-state index is 0.534. The van der Waals surface area contributed by atoms with E-state index < -0.39 is 11.2 Å². The Morgan fingerprint density at radius 2 is 1.94 bits per heavy atom. The van der Waals surface area contributed by atoms with Crippen LogP contribution in [0.15, 0.2) is 0 Å². The van der Waals surface area contributed by atoms with Gasteiger partial charge in [0.15, 0.2) is 0 Å². The van der Waals surface area contributed by atoms with Gasteiger partial charge in [-0.05, 0) is 26.0 Å². The Morgan fingerprint density at radius 3 is 2.50 bits per heavy atom. The van der Waals surface area contributed by atoms with Gasteiger partial charge in [0, 0.05) is 18.8 Å². The Bertz CT molecular complexity index is 203. The van der Waals surface area contributed by atoms with Gasteiger partial charge in [0.25, 0.3) is 0 Å². The Balaban J connectivity index is 2.23. The van der Waals surface area contributed by atoms with Gasteiger partial charge in [0.1, 0.15) is 0 Å². The van der Waals surface area contributed by atoms with Gasteiger partial charge >= 0.3 is 0 Å². The minimum atomic E-state index is -0.676. The lowest BCUT2D eigenvalue weighted by atomic mass is 9.85. The van der Waals surface area contributed by atoms with E-state index in [0.717, 1.165) is 31.4 Å². The number of hydrogen-bond acceptors (Lipinski definition) is 4. The summed E-state index contributed by atoms with van der Waals surface area (Å²) in [4.78, 5) is 0. The molecule has 1 aliphatic rings. The van der Waals surface area contributed by atoms with Crippen LogP contribution in [0.3, 0.4) is 0 Å². The molecule has 0 aromatic rings. The molecule has 1 aliphatic carbocycles. The number of rotatable bonds is 6. The molecule has 0 aromatic heterocycles. The van der Waals surface area contributed by atoms with Gasteiger partial charge in [0.2, 0.25) is 0 Å². The van der Waals surface area contributed by atoms with E-state index in [0.29, 0.717) is 13.1 Å². The summed E-state index contributed by atoms with van der Waals surface area (Å²) in [6.07, 6.45) is 7.27. The van der Waals surface area contributed by atoms with Crippen molar-refractivity contribution < 1.29 is 10.2 Å². The third-order valence-corrected chi connectivity index (χ3v) is 4.11. The van der Waals surface area contributed by atoms with Crippen LogP contribution in [0, 0.1) is 0 Å². The first-order chi connectivity index (χ1) is 7.47. The Hall–Kier alpha value is 0.230. The van der Waals surface area contributed by atoms with Crippen molar-refractivity contribution in [2.75, 3.05) is 25.1 Å². The SMILES string of the molecule is CSCC(C)(O)CNCC1(O)CCCCC1. The number of nitrogens with one attached hydrogen (secondary N) is 1. The molecular weight excluding hydrogens is 222 g/mol. The van der Waals surface area contributed by atoms with E-state index in [2.05, 4.69) is 5.32 Å². The molecule has 0 aromatic carbocycles. The van der Waals surface area contributed by atoms with E-state index in [9.17, 15) is 10.2 Å². The van der Waals surface area contributed by atoms with Crippen LogP contribution in [-0.2, 0) is 0 Å². The van der Waals surface area contributed by atoms with E-state index in [1.165, 1.54) is 6.42 Å². The molecule has 96 valence electrons. The first kappa shape index (κ1) is 14.3. The highest BCUT2D eigenvalue weighted by molar-refractivity contribution is 7.98. The maximum Gasteiger partial charge on any atom is 0.0833 e. The second-order valence-corrected chi connectivity index (χ2v) is 6.18. The molecule has 16 heavy (non-hydrogen) atoms.